The topological polar surface area (TPSA) is 74.8 Å². The highest BCUT2D eigenvalue weighted by Crippen LogP contribution is 2.44. The smallest absolute Gasteiger partial charge is 0.340 e. The Balaban J connectivity index is 1.30. The van der Waals surface area contributed by atoms with E-state index < -0.39 is 0 Å². The molecular weight excluding hydrogens is 318 g/mol. The molecule has 1 aromatic carbocycles. The quantitative estimate of drug-likeness (QED) is 0.689. The number of carbonyl (C=O) groups excluding carboxylic acids is 1. The van der Waals surface area contributed by atoms with E-state index in [0.29, 0.717) is 23.6 Å². The van der Waals surface area contributed by atoms with E-state index in [9.17, 15) is 9.70 Å². The van der Waals surface area contributed by atoms with Crippen LogP contribution in [0.3, 0.4) is 0 Å². The molecular formula is C19H21N3O3. The molecule has 6 rings (SSSR count). The number of ether oxygens (including phenoxy) is 1. The SMILES string of the molecule is O=NC1CN2C3CC(OC(=O)c4c[nH]c5ccccc45)CC2CC1C3. The first-order valence-corrected chi connectivity index (χ1v) is 9.08. The number of esters is 1. The average Bonchev–Trinajstić information content (AvgIpc) is 3.05. The predicted molar refractivity (Wildman–Crippen MR) is 93.3 cm³/mol. The van der Waals surface area contributed by atoms with Gasteiger partial charge < -0.3 is 9.72 Å². The highest BCUT2D eigenvalue weighted by atomic mass is 16.5. The zero-order valence-corrected chi connectivity index (χ0v) is 13.9. The van der Waals surface area contributed by atoms with Crippen molar-refractivity contribution in [2.75, 3.05) is 6.54 Å². The van der Waals surface area contributed by atoms with Crippen molar-refractivity contribution in [3.05, 3.63) is 40.9 Å². The Hall–Kier alpha value is -2.21. The van der Waals surface area contributed by atoms with Crippen molar-refractivity contribution in [2.45, 2.75) is 49.9 Å². The van der Waals surface area contributed by atoms with Crippen LogP contribution in [0.25, 0.3) is 10.9 Å². The number of nitrogens with one attached hydrogen (secondary N) is 1. The van der Waals surface area contributed by atoms with Gasteiger partial charge in [-0.2, -0.15) is 4.91 Å². The van der Waals surface area contributed by atoms with Crippen molar-refractivity contribution >= 4 is 16.9 Å². The van der Waals surface area contributed by atoms with Gasteiger partial charge in [-0.1, -0.05) is 23.4 Å². The molecule has 4 saturated heterocycles. The number of nitroso groups, excluding NO2 is 1. The van der Waals surface area contributed by atoms with Crippen LogP contribution in [-0.2, 0) is 4.74 Å². The van der Waals surface area contributed by atoms with Crippen LogP contribution in [-0.4, -0.2) is 46.6 Å². The molecule has 0 amide bonds. The standard InChI is InChI=1S/C19H21N3O3/c23-19(16-9-20-17-4-2-1-3-15(16)17)25-14-7-12-5-11-6-13(8-14)22(12)10-18(11)21-24/h1-4,9,11-14,18,20H,5-8,10H2. The summed E-state index contributed by atoms with van der Waals surface area (Å²) in [5.41, 5.74) is 1.56. The van der Waals surface area contributed by atoms with E-state index in [2.05, 4.69) is 15.1 Å². The van der Waals surface area contributed by atoms with Crippen LogP contribution in [0.5, 0.6) is 0 Å². The minimum atomic E-state index is -0.241. The first-order valence-electron chi connectivity index (χ1n) is 9.08. The molecule has 3 unspecified atom stereocenters. The number of piperidine rings is 4. The van der Waals surface area contributed by atoms with Crippen LogP contribution in [0.4, 0.5) is 0 Å². The molecule has 130 valence electrons. The summed E-state index contributed by atoms with van der Waals surface area (Å²) < 4.78 is 5.87. The summed E-state index contributed by atoms with van der Waals surface area (Å²) >= 11 is 0. The lowest BCUT2D eigenvalue weighted by atomic mass is 9.70. The number of rotatable bonds is 3. The lowest BCUT2D eigenvalue weighted by molar-refractivity contribution is -0.0892. The zero-order chi connectivity index (χ0) is 17.0. The summed E-state index contributed by atoms with van der Waals surface area (Å²) in [5, 5.41) is 4.22. The zero-order valence-electron chi connectivity index (χ0n) is 13.9. The van der Waals surface area contributed by atoms with Gasteiger partial charge in [0.2, 0.25) is 0 Å². The van der Waals surface area contributed by atoms with Crippen LogP contribution >= 0.6 is 0 Å². The van der Waals surface area contributed by atoms with Gasteiger partial charge in [0.1, 0.15) is 12.1 Å². The number of nitrogens with zero attached hydrogens (tertiary/aromatic N) is 2. The van der Waals surface area contributed by atoms with Crippen molar-refractivity contribution in [3.63, 3.8) is 0 Å². The van der Waals surface area contributed by atoms with Gasteiger partial charge in [-0.25, -0.2) is 4.79 Å². The molecule has 1 aromatic heterocycles. The fourth-order valence-electron chi connectivity index (χ4n) is 5.18. The molecule has 4 aliphatic rings. The Labute approximate surface area is 145 Å². The van der Waals surface area contributed by atoms with E-state index in [4.69, 9.17) is 4.74 Å². The van der Waals surface area contributed by atoms with Gasteiger partial charge in [0.25, 0.3) is 0 Å². The maximum absolute atomic E-state index is 12.7. The Morgan fingerprint density at radius 1 is 1.16 bits per heavy atom. The van der Waals surface area contributed by atoms with Gasteiger partial charge in [-0.3, -0.25) is 4.90 Å². The summed E-state index contributed by atoms with van der Waals surface area (Å²) in [7, 11) is 0. The van der Waals surface area contributed by atoms with Gasteiger partial charge in [-0.15, -0.1) is 0 Å². The second-order valence-corrected chi connectivity index (χ2v) is 7.66. The minimum absolute atomic E-state index is 0.0332. The van der Waals surface area contributed by atoms with Gasteiger partial charge in [0.05, 0.1) is 5.56 Å². The van der Waals surface area contributed by atoms with Crippen molar-refractivity contribution in [1.82, 2.24) is 9.88 Å². The van der Waals surface area contributed by atoms with Gasteiger partial charge >= 0.3 is 5.97 Å². The molecule has 4 aliphatic heterocycles. The van der Waals surface area contributed by atoms with Crippen molar-refractivity contribution in [3.8, 4) is 0 Å². The number of aromatic amines is 1. The number of hydrogen-bond acceptors (Lipinski definition) is 5. The summed E-state index contributed by atoms with van der Waals surface area (Å²) in [6, 6.07) is 8.58. The third kappa shape index (κ3) is 2.39. The molecule has 5 heterocycles. The number of carbonyl (C=O) groups is 1. The van der Waals surface area contributed by atoms with E-state index in [1.54, 1.807) is 6.20 Å². The largest absolute Gasteiger partial charge is 0.459 e. The Morgan fingerprint density at radius 2 is 1.92 bits per heavy atom. The lowest BCUT2D eigenvalue weighted by Gasteiger charge is -2.56. The summed E-state index contributed by atoms with van der Waals surface area (Å²) in [6.45, 7) is 0.784. The van der Waals surface area contributed by atoms with Crippen LogP contribution in [0.1, 0.15) is 36.0 Å². The van der Waals surface area contributed by atoms with E-state index >= 15 is 0 Å². The molecule has 4 fully saturated rings. The Bertz CT molecular complexity index is 816. The molecule has 6 nitrogen and oxygen atoms in total. The van der Waals surface area contributed by atoms with E-state index in [-0.39, 0.29) is 18.1 Å². The van der Waals surface area contributed by atoms with Gasteiger partial charge in [-0.05, 0) is 24.8 Å². The molecule has 3 atom stereocenters. The second kappa shape index (κ2) is 5.66. The molecule has 6 heteroatoms. The first kappa shape index (κ1) is 15.1. The average molecular weight is 339 g/mol. The predicted octanol–water partition coefficient (Wildman–Crippen LogP) is 3.08. The molecule has 1 N–H and O–H groups in total. The number of fused-ring (bicyclic) bond motifs is 2. The number of para-hydroxylation sites is 1. The third-order valence-electron chi connectivity index (χ3n) is 6.32. The number of aromatic nitrogens is 1. The molecule has 4 bridgehead atoms. The molecule has 0 spiro atoms. The summed E-state index contributed by atoms with van der Waals surface area (Å²) in [6.07, 6.45) is 5.46. The maximum atomic E-state index is 12.7. The van der Waals surface area contributed by atoms with Crippen molar-refractivity contribution in [2.24, 2.45) is 11.1 Å². The number of hydrogen-bond donors (Lipinski definition) is 1. The fraction of sp³-hybridized carbons (Fsp3) is 0.526. The van der Waals surface area contributed by atoms with Crippen LogP contribution < -0.4 is 0 Å². The van der Waals surface area contributed by atoms with Gasteiger partial charge in [0.15, 0.2) is 0 Å². The van der Waals surface area contributed by atoms with Crippen LogP contribution in [0.2, 0.25) is 0 Å². The second-order valence-electron chi connectivity index (χ2n) is 7.66. The fourth-order valence-corrected chi connectivity index (χ4v) is 5.18. The molecule has 0 saturated carbocycles. The third-order valence-corrected chi connectivity index (χ3v) is 6.32. The van der Waals surface area contributed by atoms with Crippen molar-refractivity contribution in [1.29, 1.82) is 0 Å². The number of benzene rings is 1. The van der Waals surface area contributed by atoms with Gasteiger partial charge in [0, 0.05) is 48.6 Å². The van der Waals surface area contributed by atoms with E-state index in [0.717, 1.165) is 43.1 Å². The summed E-state index contributed by atoms with van der Waals surface area (Å²) in [5.74, 6) is 0.179. The normalized spacial score (nSPS) is 36.3. The molecule has 25 heavy (non-hydrogen) atoms. The Morgan fingerprint density at radius 3 is 2.64 bits per heavy atom. The first-order chi connectivity index (χ1) is 12.2. The Kier molecular flexibility index (Phi) is 3.41. The molecule has 0 aliphatic carbocycles. The lowest BCUT2D eigenvalue weighted by Crippen LogP contribution is -2.64. The van der Waals surface area contributed by atoms with Crippen molar-refractivity contribution < 1.29 is 9.53 Å². The molecule has 2 aromatic rings. The highest BCUT2D eigenvalue weighted by molar-refractivity contribution is 6.04. The van der Waals surface area contributed by atoms with Crippen LogP contribution in [0, 0.1) is 10.8 Å². The number of H-pyrrole nitrogens is 1. The molecule has 0 radical (unpaired) electrons. The van der Waals surface area contributed by atoms with E-state index in [1.165, 1.54) is 0 Å². The van der Waals surface area contributed by atoms with E-state index in [1.807, 2.05) is 24.3 Å². The maximum Gasteiger partial charge on any atom is 0.340 e. The summed E-state index contributed by atoms with van der Waals surface area (Å²) in [4.78, 5) is 29.2. The van der Waals surface area contributed by atoms with Crippen LogP contribution in [0.15, 0.2) is 35.6 Å². The monoisotopic (exact) mass is 339 g/mol. The highest BCUT2D eigenvalue weighted by Gasteiger charge is 2.50. The minimum Gasteiger partial charge on any atom is -0.459 e.